The lowest BCUT2D eigenvalue weighted by Gasteiger charge is -2.35. The number of carbonyl (C=O) groups excluding carboxylic acids is 1. The highest BCUT2D eigenvalue weighted by Gasteiger charge is 2.26. The largest absolute Gasteiger partial charge is 0.354 e. The van der Waals surface area contributed by atoms with Gasteiger partial charge >= 0.3 is 0 Å². The van der Waals surface area contributed by atoms with Crippen LogP contribution in [-0.4, -0.2) is 55.6 Å². The van der Waals surface area contributed by atoms with Crippen LogP contribution in [0.3, 0.4) is 0 Å². The van der Waals surface area contributed by atoms with Gasteiger partial charge in [-0.1, -0.05) is 45.9 Å². The summed E-state index contributed by atoms with van der Waals surface area (Å²) < 4.78 is 25.4. The maximum atomic E-state index is 13.7. The van der Waals surface area contributed by atoms with Crippen LogP contribution < -0.4 is 10.0 Å². The number of carbonyl (C=O) groups is 1. The number of hydrogen-bond donors (Lipinski definition) is 3. The zero-order chi connectivity index (χ0) is 35.2. The van der Waals surface area contributed by atoms with Gasteiger partial charge in [0.05, 0.1) is 6.26 Å². The lowest BCUT2D eigenvalue weighted by molar-refractivity contribution is 0.0599. The zero-order valence-electron chi connectivity index (χ0n) is 30.5. The molecule has 1 amide bonds. The number of hydrogen-bond acceptors (Lipinski definition) is 4. The number of amides is 1. The van der Waals surface area contributed by atoms with Crippen molar-refractivity contribution in [3.05, 3.63) is 88.5 Å². The van der Waals surface area contributed by atoms with E-state index in [1.807, 2.05) is 42.2 Å². The van der Waals surface area contributed by atoms with Crippen LogP contribution in [0.1, 0.15) is 113 Å². The Hall–Kier alpha value is -3.62. The van der Waals surface area contributed by atoms with Crippen molar-refractivity contribution in [3.63, 3.8) is 0 Å². The van der Waals surface area contributed by atoms with Crippen molar-refractivity contribution in [2.45, 2.75) is 98.4 Å². The van der Waals surface area contributed by atoms with Gasteiger partial charge in [0.1, 0.15) is 0 Å². The molecule has 3 aromatic carbocycles. The number of nitrogens with zero attached hydrogens (tertiary/aromatic N) is 1. The maximum Gasteiger partial charge on any atom is 0.254 e. The third-order valence-corrected chi connectivity index (χ3v) is 9.61. The molecule has 0 fully saturated rings. The summed E-state index contributed by atoms with van der Waals surface area (Å²) in [5, 5.41) is 4.78. The van der Waals surface area contributed by atoms with Gasteiger partial charge in [-0.25, -0.2) is 8.42 Å². The van der Waals surface area contributed by atoms with E-state index < -0.39 is 10.0 Å². The Balaban J connectivity index is 1.54. The van der Waals surface area contributed by atoms with Crippen LogP contribution in [0.5, 0.6) is 0 Å². The number of benzene rings is 3. The Morgan fingerprint density at radius 3 is 2.06 bits per heavy atom. The molecule has 3 N–H and O–H groups in total. The van der Waals surface area contributed by atoms with Gasteiger partial charge in [0.25, 0.3) is 5.91 Å². The molecule has 0 unspecified atom stereocenters. The number of rotatable bonds is 15. The Morgan fingerprint density at radius 1 is 0.854 bits per heavy atom. The number of unbranched alkanes of at least 4 members (excludes halogenated alkanes) is 1. The molecule has 0 radical (unpaired) electrons. The molecule has 260 valence electrons. The fourth-order valence-electron chi connectivity index (χ4n) is 6.32. The highest BCUT2D eigenvalue weighted by Crippen LogP contribution is 2.35. The molecule has 0 bridgehead atoms. The molecule has 0 saturated heterocycles. The second-order valence-electron chi connectivity index (χ2n) is 14.7. The van der Waals surface area contributed by atoms with Gasteiger partial charge in [0, 0.05) is 39.9 Å². The first-order chi connectivity index (χ1) is 22.6. The Bertz CT molecular complexity index is 1770. The maximum absolute atomic E-state index is 13.7. The highest BCUT2D eigenvalue weighted by molar-refractivity contribution is 7.92. The summed E-state index contributed by atoms with van der Waals surface area (Å²) in [5.74, 6) is 0.894. The third kappa shape index (κ3) is 9.73. The number of aromatic amines is 1. The molecule has 0 aliphatic heterocycles. The minimum atomic E-state index is -3.27. The predicted octanol–water partition coefficient (Wildman–Crippen LogP) is 8.87. The number of aromatic nitrogens is 1. The summed E-state index contributed by atoms with van der Waals surface area (Å²) in [6.45, 7) is 19.7. The Kier molecular flexibility index (Phi) is 12.2. The topological polar surface area (TPSA) is 94.3 Å². The van der Waals surface area contributed by atoms with Crippen LogP contribution in [0.4, 0.5) is 5.69 Å². The summed E-state index contributed by atoms with van der Waals surface area (Å²) in [5.41, 5.74) is 9.53. The molecular formula is C40H56N4O3S. The molecule has 0 aliphatic carbocycles. The van der Waals surface area contributed by atoms with Crippen LogP contribution in [-0.2, 0) is 22.9 Å². The van der Waals surface area contributed by atoms with Crippen LogP contribution in [0.25, 0.3) is 22.2 Å². The van der Waals surface area contributed by atoms with E-state index in [0.717, 1.165) is 67.2 Å². The van der Waals surface area contributed by atoms with E-state index >= 15 is 0 Å². The normalized spacial score (nSPS) is 12.3. The molecule has 4 rings (SSSR count). The fourth-order valence-corrected chi connectivity index (χ4v) is 6.89. The minimum absolute atomic E-state index is 0.0592. The van der Waals surface area contributed by atoms with Crippen LogP contribution in [0, 0.1) is 0 Å². The molecule has 1 aromatic heterocycles. The summed E-state index contributed by atoms with van der Waals surface area (Å²) in [4.78, 5) is 19.4. The van der Waals surface area contributed by atoms with E-state index in [9.17, 15) is 13.2 Å². The zero-order valence-corrected chi connectivity index (χ0v) is 31.3. The Morgan fingerprint density at radius 2 is 1.50 bits per heavy atom. The van der Waals surface area contributed by atoms with Crippen molar-refractivity contribution in [3.8, 4) is 11.3 Å². The predicted molar refractivity (Wildman–Crippen MR) is 203 cm³/mol. The first kappa shape index (κ1) is 37.2. The highest BCUT2D eigenvalue weighted by atomic mass is 32.2. The van der Waals surface area contributed by atoms with Crippen molar-refractivity contribution < 1.29 is 13.2 Å². The van der Waals surface area contributed by atoms with Gasteiger partial charge in [-0.05, 0) is 149 Å². The van der Waals surface area contributed by atoms with Crippen molar-refractivity contribution in [1.82, 2.24) is 15.2 Å². The molecule has 7 nitrogen and oxygen atoms in total. The van der Waals surface area contributed by atoms with E-state index in [1.165, 1.54) is 27.8 Å². The number of H-pyrrole nitrogens is 1. The molecule has 0 atom stereocenters. The first-order valence-electron chi connectivity index (χ1n) is 17.5. The molecule has 0 aliphatic rings. The molecule has 1 heterocycles. The Labute approximate surface area is 289 Å². The fraction of sp³-hybridized carbons (Fsp3) is 0.475. The molecule has 0 saturated carbocycles. The third-order valence-electron chi connectivity index (χ3n) is 9.00. The number of nitrogens with one attached hydrogen (secondary N) is 3. The van der Waals surface area contributed by atoms with Crippen molar-refractivity contribution in [2.24, 2.45) is 0 Å². The van der Waals surface area contributed by atoms with Crippen LogP contribution in [0.2, 0.25) is 0 Å². The average molecular weight is 673 g/mol. The van der Waals surface area contributed by atoms with Gasteiger partial charge in [0.2, 0.25) is 10.0 Å². The molecule has 48 heavy (non-hydrogen) atoms. The summed E-state index contributed by atoms with van der Waals surface area (Å²) in [7, 11) is -3.27. The van der Waals surface area contributed by atoms with E-state index in [4.69, 9.17) is 0 Å². The standard InChI is InChI=1S/C40H56N4O3S/c1-10-44(40(6,7)8)39(45)30-16-19-37-36(26-30)35(38(42-37)33-24-31(27(2)3)23-32(25-33)28(4)5)20-22-41-21-12-11-13-29-14-17-34(18-15-29)43-48(9,46)47/h14-19,23-28,41-43H,10-13,20-22H2,1-9H3. The monoisotopic (exact) mass is 672 g/mol. The SMILES string of the molecule is CCN(C(=O)c1ccc2[nH]c(-c3cc(C(C)C)cc(C(C)C)c3)c(CCNCCCCc3ccc(NS(C)(=O)=O)cc3)c2c1)C(C)(C)C. The van der Waals surface area contributed by atoms with Gasteiger partial charge < -0.3 is 15.2 Å². The van der Waals surface area contributed by atoms with E-state index in [2.05, 4.69) is 93.8 Å². The number of aryl methyl sites for hydroxylation is 1. The lowest BCUT2D eigenvalue weighted by Crippen LogP contribution is -2.45. The van der Waals surface area contributed by atoms with Gasteiger partial charge in [0.15, 0.2) is 0 Å². The summed E-state index contributed by atoms with van der Waals surface area (Å²) in [6.07, 6.45) is 5.01. The number of anilines is 1. The van der Waals surface area contributed by atoms with Crippen molar-refractivity contribution >= 4 is 32.5 Å². The molecular weight excluding hydrogens is 617 g/mol. The second-order valence-corrected chi connectivity index (χ2v) is 16.4. The molecule has 4 aromatic rings. The van der Waals surface area contributed by atoms with E-state index in [-0.39, 0.29) is 11.4 Å². The van der Waals surface area contributed by atoms with Crippen LogP contribution in [0.15, 0.2) is 60.7 Å². The molecule has 8 heteroatoms. The number of fused-ring (bicyclic) bond motifs is 1. The smallest absolute Gasteiger partial charge is 0.254 e. The summed E-state index contributed by atoms with van der Waals surface area (Å²) in [6, 6.07) is 20.7. The summed E-state index contributed by atoms with van der Waals surface area (Å²) >= 11 is 0. The van der Waals surface area contributed by atoms with E-state index in [0.29, 0.717) is 24.1 Å². The second kappa shape index (κ2) is 15.7. The van der Waals surface area contributed by atoms with Crippen LogP contribution >= 0.6 is 0 Å². The molecule has 0 spiro atoms. The van der Waals surface area contributed by atoms with E-state index in [1.54, 1.807) is 0 Å². The van der Waals surface area contributed by atoms with Crippen molar-refractivity contribution in [1.29, 1.82) is 0 Å². The van der Waals surface area contributed by atoms with Gasteiger partial charge in [-0.3, -0.25) is 9.52 Å². The van der Waals surface area contributed by atoms with Crippen molar-refractivity contribution in [2.75, 3.05) is 30.6 Å². The van der Waals surface area contributed by atoms with Gasteiger partial charge in [-0.2, -0.15) is 0 Å². The quantitative estimate of drug-likeness (QED) is 0.110. The minimum Gasteiger partial charge on any atom is -0.354 e. The van der Waals surface area contributed by atoms with Gasteiger partial charge in [-0.15, -0.1) is 0 Å². The average Bonchev–Trinajstić information content (AvgIpc) is 3.37. The number of sulfonamides is 1. The first-order valence-corrected chi connectivity index (χ1v) is 19.4. The lowest BCUT2D eigenvalue weighted by atomic mass is 9.91.